The first-order valence-corrected chi connectivity index (χ1v) is 9.14. The molecular formula is C21H25N3O2. The van der Waals surface area contributed by atoms with Crippen LogP contribution in [-0.2, 0) is 6.54 Å². The molecule has 0 bridgehead atoms. The molecule has 5 nitrogen and oxygen atoms in total. The van der Waals surface area contributed by atoms with E-state index in [2.05, 4.69) is 10.2 Å². The van der Waals surface area contributed by atoms with E-state index in [4.69, 9.17) is 5.73 Å². The van der Waals surface area contributed by atoms with Crippen molar-refractivity contribution in [3.63, 3.8) is 0 Å². The molecule has 0 atom stereocenters. The molecule has 0 aliphatic carbocycles. The van der Waals surface area contributed by atoms with Gasteiger partial charge in [0.25, 0.3) is 5.91 Å². The van der Waals surface area contributed by atoms with Crippen LogP contribution < -0.4 is 11.1 Å². The van der Waals surface area contributed by atoms with Crippen molar-refractivity contribution < 1.29 is 9.59 Å². The Balaban J connectivity index is 1.58. The van der Waals surface area contributed by atoms with E-state index in [9.17, 15) is 9.59 Å². The molecule has 1 saturated heterocycles. The lowest BCUT2D eigenvalue weighted by atomic mass is 10.1. The number of amides is 2. The SMILES string of the molecule is NC(=O)c1ccc(NC(=O)c2ccc(CN3CCCCCC3)cc2)cc1. The van der Waals surface area contributed by atoms with E-state index in [1.807, 2.05) is 24.3 Å². The predicted octanol–water partition coefficient (Wildman–Crippen LogP) is 3.41. The van der Waals surface area contributed by atoms with Crippen molar-refractivity contribution in [2.45, 2.75) is 32.2 Å². The van der Waals surface area contributed by atoms with Crippen LogP contribution in [0.5, 0.6) is 0 Å². The third-order valence-corrected chi connectivity index (χ3v) is 4.75. The van der Waals surface area contributed by atoms with Crippen molar-refractivity contribution in [2.24, 2.45) is 5.73 Å². The molecular weight excluding hydrogens is 326 g/mol. The molecule has 0 unspecified atom stereocenters. The van der Waals surface area contributed by atoms with Crippen molar-refractivity contribution in [3.05, 3.63) is 65.2 Å². The molecule has 5 heteroatoms. The molecule has 1 aliphatic heterocycles. The fraction of sp³-hybridized carbons (Fsp3) is 0.333. The molecule has 0 radical (unpaired) electrons. The first-order valence-electron chi connectivity index (χ1n) is 9.14. The zero-order valence-electron chi connectivity index (χ0n) is 14.9. The van der Waals surface area contributed by atoms with Crippen LogP contribution >= 0.6 is 0 Å². The van der Waals surface area contributed by atoms with Crippen LogP contribution in [0.1, 0.15) is 52.0 Å². The maximum atomic E-state index is 12.4. The van der Waals surface area contributed by atoms with Crippen LogP contribution in [-0.4, -0.2) is 29.8 Å². The summed E-state index contributed by atoms with van der Waals surface area (Å²) in [5.74, 6) is -0.652. The van der Waals surface area contributed by atoms with Crippen LogP contribution in [0, 0.1) is 0 Å². The Kier molecular flexibility index (Phi) is 6.02. The third kappa shape index (κ3) is 4.92. The molecule has 1 heterocycles. The second-order valence-corrected chi connectivity index (χ2v) is 6.78. The molecule has 26 heavy (non-hydrogen) atoms. The Hall–Kier alpha value is -2.66. The van der Waals surface area contributed by atoms with Gasteiger partial charge in [0.1, 0.15) is 0 Å². The minimum atomic E-state index is -0.483. The molecule has 2 amide bonds. The van der Waals surface area contributed by atoms with E-state index in [0.717, 1.165) is 19.6 Å². The Morgan fingerprint density at radius 2 is 1.42 bits per heavy atom. The van der Waals surface area contributed by atoms with E-state index in [1.54, 1.807) is 24.3 Å². The smallest absolute Gasteiger partial charge is 0.255 e. The second-order valence-electron chi connectivity index (χ2n) is 6.78. The van der Waals surface area contributed by atoms with E-state index >= 15 is 0 Å². The number of hydrogen-bond donors (Lipinski definition) is 2. The maximum absolute atomic E-state index is 12.4. The van der Waals surface area contributed by atoms with E-state index in [0.29, 0.717) is 16.8 Å². The quantitative estimate of drug-likeness (QED) is 0.867. The number of primary amides is 1. The average Bonchev–Trinajstić information content (AvgIpc) is 2.91. The van der Waals surface area contributed by atoms with Gasteiger partial charge < -0.3 is 11.1 Å². The number of nitrogens with two attached hydrogens (primary N) is 1. The molecule has 136 valence electrons. The topological polar surface area (TPSA) is 75.4 Å². The van der Waals surface area contributed by atoms with Crippen molar-refractivity contribution in [3.8, 4) is 0 Å². The van der Waals surface area contributed by atoms with Gasteiger partial charge in [-0.15, -0.1) is 0 Å². The highest BCUT2D eigenvalue weighted by atomic mass is 16.2. The Bertz CT molecular complexity index is 746. The van der Waals surface area contributed by atoms with E-state index < -0.39 is 5.91 Å². The zero-order chi connectivity index (χ0) is 18.4. The fourth-order valence-corrected chi connectivity index (χ4v) is 3.24. The van der Waals surface area contributed by atoms with Crippen molar-refractivity contribution in [2.75, 3.05) is 18.4 Å². The summed E-state index contributed by atoms with van der Waals surface area (Å²) in [5.41, 5.74) is 8.11. The molecule has 2 aromatic rings. The summed E-state index contributed by atoms with van der Waals surface area (Å²) in [6, 6.07) is 14.3. The molecule has 3 rings (SSSR count). The van der Waals surface area contributed by atoms with Gasteiger partial charge in [-0.1, -0.05) is 25.0 Å². The lowest BCUT2D eigenvalue weighted by molar-refractivity contribution is 0.0998. The number of carbonyl (C=O) groups is 2. The summed E-state index contributed by atoms with van der Waals surface area (Å²) >= 11 is 0. The Labute approximate surface area is 154 Å². The van der Waals surface area contributed by atoms with E-state index in [1.165, 1.54) is 31.2 Å². The normalized spacial score (nSPS) is 15.2. The monoisotopic (exact) mass is 351 g/mol. The van der Waals surface area contributed by atoms with Gasteiger partial charge in [0.05, 0.1) is 0 Å². The van der Waals surface area contributed by atoms with Gasteiger partial charge in [0, 0.05) is 23.4 Å². The summed E-state index contributed by atoms with van der Waals surface area (Å²) in [5, 5.41) is 2.83. The number of hydrogen-bond acceptors (Lipinski definition) is 3. The first-order chi connectivity index (χ1) is 12.6. The first kappa shape index (κ1) is 18.1. The summed E-state index contributed by atoms with van der Waals surface area (Å²) in [6.45, 7) is 3.25. The van der Waals surface area contributed by atoms with Crippen LogP contribution in [0.2, 0.25) is 0 Å². The summed E-state index contributed by atoms with van der Waals surface area (Å²) in [4.78, 5) is 25.9. The molecule has 0 spiro atoms. The largest absolute Gasteiger partial charge is 0.366 e. The summed E-state index contributed by atoms with van der Waals surface area (Å²) in [6.07, 6.45) is 5.20. The summed E-state index contributed by atoms with van der Waals surface area (Å²) in [7, 11) is 0. The minimum absolute atomic E-state index is 0.168. The number of nitrogens with zero attached hydrogens (tertiary/aromatic N) is 1. The highest BCUT2D eigenvalue weighted by Gasteiger charge is 2.11. The van der Waals surface area contributed by atoms with Crippen LogP contribution in [0.4, 0.5) is 5.69 Å². The van der Waals surface area contributed by atoms with Crippen molar-refractivity contribution >= 4 is 17.5 Å². The van der Waals surface area contributed by atoms with Gasteiger partial charge in [-0.3, -0.25) is 14.5 Å². The third-order valence-electron chi connectivity index (χ3n) is 4.75. The zero-order valence-corrected chi connectivity index (χ0v) is 14.9. The molecule has 1 fully saturated rings. The predicted molar refractivity (Wildman–Crippen MR) is 103 cm³/mol. The van der Waals surface area contributed by atoms with Gasteiger partial charge >= 0.3 is 0 Å². The van der Waals surface area contributed by atoms with Gasteiger partial charge in [-0.25, -0.2) is 0 Å². The highest BCUT2D eigenvalue weighted by molar-refractivity contribution is 6.04. The lowest BCUT2D eigenvalue weighted by Gasteiger charge is -2.19. The van der Waals surface area contributed by atoms with Crippen molar-refractivity contribution in [1.29, 1.82) is 0 Å². The average molecular weight is 351 g/mol. The molecule has 3 N–H and O–H groups in total. The van der Waals surface area contributed by atoms with Gasteiger partial charge in [0.2, 0.25) is 5.91 Å². The Morgan fingerprint density at radius 3 is 2.00 bits per heavy atom. The van der Waals surface area contributed by atoms with E-state index in [-0.39, 0.29) is 5.91 Å². The van der Waals surface area contributed by atoms with Gasteiger partial charge in [-0.05, 0) is 67.9 Å². The Morgan fingerprint density at radius 1 is 0.846 bits per heavy atom. The number of rotatable bonds is 5. The van der Waals surface area contributed by atoms with Crippen molar-refractivity contribution in [1.82, 2.24) is 4.90 Å². The number of likely N-dealkylation sites (tertiary alicyclic amines) is 1. The molecule has 0 aromatic heterocycles. The molecule has 2 aromatic carbocycles. The number of anilines is 1. The highest BCUT2D eigenvalue weighted by Crippen LogP contribution is 2.15. The molecule has 0 saturated carbocycles. The second kappa shape index (κ2) is 8.63. The fourth-order valence-electron chi connectivity index (χ4n) is 3.24. The van der Waals surface area contributed by atoms with Crippen LogP contribution in [0.15, 0.2) is 48.5 Å². The standard InChI is InChI=1S/C21H25N3O2/c22-20(25)17-9-11-19(12-10-17)23-21(26)18-7-5-16(6-8-18)15-24-13-3-1-2-4-14-24/h5-12H,1-4,13-15H2,(H2,22,25)(H,23,26). The van der Waals surface area contributed by atoms with Crippen LogP contribution in [0.3, 0.4) is 0 Å². The lowest BCUT2D eigenvalue weighted by Crippen LogP contribution is -2.24. The number of carbonyl (C=O) groups excluding carboxylic acids is 2. The summed E-state index contributed by atoms with van der Waals surface area (Å²) < 4.78 is 0. The van der Waals surface area contributed by atoms with Gasteiger partial charge in [-0.2, -0.15) is 0 Å². The van der Waals surface area contributed by atoms with Crippen LogP contribution in [0.25, 0.3) is 0 Å². The maximum Gasteiger partial charge on any atom is 0.255 e. The minimum Gasteiger partial charge on any atom is -0.366 e. The van der Waals surface area contributed by atoms with Gasteiger partial charge in [0.15, 0.2) is 0 Å². The molecule has 1 aliphatic rings. The number of nitrogens with one attached hydrogen (secondary N) is 1. The number of benzene rings is 2.